The molecule has 3 rings (SSSR count). The lowest BCUT2D eigenvalue weighted by Crippen LogP contribution is -2.44. The Bertz CT molecular complexity index is 622. The van der Waals surface area contributed by atoms with E-state index < -0.39 is 0 Å². The highest BCUT2D eigenvalue weighted by atomic mass is 16.3. The van der Waals surface area contributed by atoms with Gasteiger partial charge in [-0.15, -0.1) is 0 Å². The molecule has 1 aromatic carbocycles. The maximum atomic E-state index is 13.0. The van der Waals surface area contributed by atoms with Crippen LogP contribution in [0.5, 0.6) is 0 Å². The molecule has 1 amide bonds. The first-order valence-corrected chi connectivity index (χ1v) is 8.28. The fraction of sp³-hybridized carbons (Fsp3) is 0.421. The van der Waals surface area contributed by atoms with Gasteiger partial charge in [0, 0.05) is 24.9 Å². The first kappa shape index (κ1) is 15.8. The molecule has 2 aliphatic rings. The second kappa shape index (κ2) is 7.01. The first-order chi connectivity index (χ1) is 11.2. The fourth-order valence-electron chi connectivity index (χ4n) is 3.49. The third-order valence-corrected chi connectivity index (χ3v) is 4.72. The summed E-state index contributed by atoms with van der Waals surface area (Å²) in [6.45, 7) is 0.701. The summed E-state index contributed by atoms with van der Waals surface area (Å²) in [5.41, 5.74) is 3.17. The number of aliphatic hydroxyl groups is 1. The summed E-state index contributed by atoms with van der Waals surface area (Å²) in [5, 5.41) is 9.86. The molecule has 0 aromatic heterocycles. The molecule has 0 fully saturated rings. The summed E-state index contributed by atoms with van der Waals surface area (Å²) in [6.07, 6.45) is 7.31. The lowest BCUT2D eigenvalue weighted by molar-refractivity contribution is -0.130. The van der Waals surface area contributed by atoms with Crippen molar-refractivity contribution in [3.8, 4) is 0 Å². The Labute approximate surface area is 137 Å². The van der Waals surface area contributed by atoms with Crippen LogP contribution < -0.4 is 0 Å². The maximum Gasteiger partial charge on any atom is 0.252 e. The average Bonchev–Trinajstić information content (AvgIpc) is 2.74. The van der Waals surface area contributed by atoms with Crippen molar-refractivity contribution in [1.82, 2.24) is 9.80 Å². The SMILES string of the molecule is CN1C=CCC2=C1CCCN(C(CO)Cc1ccccc1)C2=O. The molecule has 0 aliphatic carbocycles. The molecule has 4 nitrogen and oxygen atoms in total. The predicted molar refractivity (Wildman–Crippen MR) is 90.5 cm³/mol. The fourth-order valence-corrected chi connectivity index (χ4v) is 3.49. The van der Waals surface area contributed by atoms with Gasteiger partial charge in [0.05, 0.1) is 12.6 Å². The Morgan fingerprint density at radius 2 is 2.04 bits per heavy atom. The average molecular weight is 312 g/mol. The highest BCUT2D eigenvalue weighted by Crippen LogP contribution is 2.29. The highest BCUT2D eigenvalue weighted by molar-refractivity contribution is 5.95. The molecule has 1 atom stereocenters. The Morgan fingerprint density at radius 1 is 1.26 bits per heavy atom. The number of nitrogens with zero attached hydrogens (tertiary/aromatic N) is 2. The van der Waals surface area contributed by atoms with Gasteiger partial charge < -0.3 is 14.9 Å². The lowest BCUT2D eigenvalue weighted by Gasteiger charge is -2.31. The van der Waals surface area contributed by atoms with Crippen LogP contribution in [0.4, 0.5) is 0 Å². The molecule has 2 heterocycles. The minimum atomic E-state index is -0.159. The second-order valence-electron chi connectivity index (χ2n) is 6.25. The number of aliphatic hydroxyl groups excluding tert-OH is 1. The molecule has 0 saturated carbocycles. The van der Waals surface area contributed by atoms with E-state index in [4.69, 9.17) is 0 Å². The quantitative estimate of drug-likeness (QED) is 0.928. The summed E-state index contributed by atoms with van der Waals surface area (Å²) in [4.78, 5) is 17.0. The van der Waals surface area contributed by atoms with E-state index in [2.05, 4.69) is 4.90 Å². The standard InChI is InChI=1S/C19H24N2O2/c1-20-11-5-9-17-18(20)10-6-12-21(19(17)23)16(14-22)13-15-7-3-2-4-8-15/h2-5,7-8,11,16,22H,6,9-10,12-14H2,1H3. The van der Waals surface area contributed by atoms with Gasteiger partial charge in [-0.3, -0.25) is 4.79 Å². The largest absolute Gasteiger partial charge is 0.394 e. The van der Waals surface area contributed by atoms with Gasteiger partial charge in [-0.05, 0) is 37.4 Å². The van der Waals surface area contributed by atoms with Crippen molar-refractivity contribution in [1.29, 1.82) is 0 Å². The summed E-state index contributed by atoms with van der Waals surface area (Å²) >= 11 is 0. The number of rotatable bonds is 4. The van der Waals surface area contributed by atoms with E-state index in [0.29, 0.717) is 19.4 Å². The van der Waals surface area contributed by atoms with Crippen LogP contribution in [0.2, 0.25) is 0 Å². The van der Waals surface area contributed by atoms with Gasteiger partial charge in [-0.2, -0.15) is 0 Å². The monoisotopic (exact) mass is 312 g/mol. The minimum absolute atomic E-state index is 0.00503. The van der Waals surface area contributed by atoms with E-state index in [1.165, 1.54) is 0 Å². The molecule has 1 unspecified atom stereocenters. The van der Waals surface area contributed by atoms with Gasteiger partial charge in [-0.25, -0.2) is 0 Å². The van der Waals surface area contributed by atoms with Gasteiger partial charge in [0.15, 0.2) is 0 Å². The number of benzene rings is 1. The van der Waals surface area contributed by atoms with Crippen molar-refractivity contribution < 1.29 is 9.90 Å². The van der Waals surface area contributed by atoms with Crippen LogP contribution in [0.15, 0.2) is 53.9 Å². The van der Waals surface area contributed by atoms with Crippen LogP contribution in [0.25, 0.3) is 0 Å². The highest BCUT2D eigenvalue weighted by Gasteiger charge is 2.31. The zero-order chi connectivity index (χ0) is 16.2. The minimum Gasteiger partial charge on any atom is -0.394 e. The van der Waals surface area contributed by atoms with Gasteiger partial charge in [0.1, 0.15) is 0 Å². The van der Waals surface area contributed by atoms with Gasteiger partial charge >= 0.3 is 0 Å². The third kappa shape index (κ3) is 3.32. The molecule has 0 radical (unpaired) electrons. The van der Waals surface area contributed by atoms with Crippen LogP contribution in [-0.4, -0.2) is 47.1 Å². The second-order valence-corrected chi connectivity index (χ2v) is 6.25. The smallest absolute Gasteiger partial charge is 0.252 e. The van der Waals surface area contributed by atoms with Gasteiger partial charge in [-0.1, -0.05) is 36.4 Å². The molecule has 122 valence electrons. The summed E-state index contributed by atoms with van der Waals surface area (Å²) in [7, 11) is 2.00. The van der Waals surface area contributed by atoms with Crippen LogP contribution >= 0.6 is 0 Å². The van der Waals surface area contributed by atoms with Crippen LogP contribution in [0.3, 0.4) is 0 Å². The van der Waals surface area contributed by atoms with E-state index in [1.807, 2.05) is 54.6 Å². The van der Waals surface area contributed by atoms with E-state index in [1.54, 1.807) is 0 Å². The zero-order valence-electron chi connectivity index (χ0n) is 13.6. The molecular formula is C19H24N2O2. The first-order valence-electron chi connectivity index (χ1n) is 8.28. The number of hydrogen-bond donors (Lipinski definition) is 1. The molecule has 0 bridgehead atoms. The molecule has 0 saturated heterocycles. The van der Waals surface area contributed by atoms with Crippen molar-refractivity contribution >= 4 is 5.91 Å². The predicted octanol–water partition coefficient (Wildman–Crippen LogP) is 2.32. The normalized spacial score (nSPS) is 19.7. The number of carbonyl (C=O) groups is 1. The molecule has 23 heavy (non-hydrogen) atoms. The van der Waals surface area contributed by atoms with Gasteiger partial charge in [0.25, 0.3) is 5.91 Å². The van der Waals surface area contributed by atoms with Crippen LogP contribution in [-0.2, 0) is 11.2 Å². The maximum absolute atomic E-state index is 13.0. The Balaban J connectivity index is 1.82. The van der Waals surface area contributed by atoms with Crippen molar-refractivity contribution in [3.63, 3.8) is 0 Å². The van der Waals surface area contributed by atoms with Crippen LogP contribution in [0.1, 0.15) is 24.8 Å². The van der Waals surface area contributed by atoms with Crippen molar-refractivity contribution in [2.45, 2.75) is 31.7 Å². The molecule has 1 aromatic rings. The lowest BCUT2D eigenvalue weighted by atomic mass is 10.0. The topological polar surface area (TPSA) is 43.8 Å². The molecule has 4 heteroatoms. The van der Waals surface area contributed by atoms with Gasteiger partial charge in [0.2, 0.25) is 0 Å². The van der Waals surface area contributed by atoms with E-state index in [-0.39, 0.29) is 18.6 Å². The molecule has 1 N–H and O–H groups in total. The summed E-state index contributed by atoms with van der Waals surface area (Å²) in [6, 6.07) is 9.91. The zero-order valence-corrected chi connectivity index (χ0v) is 13.6. The molecule has 0 spiro atoms. The third-order valence-electron chi connectivity index (χ3n) is 4.72. The summed E-state index contributed by atoms with van der Waals surface area (Å²) < 4.78 is 0. The number of hydrogen-bond acceptors (Lipinski definition) is 3. The van der Waals surface area contributed by atoms with E-state index in [0.717, 1.165) is 29.7 Å². The Morgan fingerprint density at radius 3 is 2.78 bits per heavy atom. The summed E-state index contributed by atoms with van der Waals surface area (Å²) in [5.74, 6) is 0.0867. The number of carbonyl (C=O) groups excluding carboxylic acids is 1. The Hall–Kier alpha value is -2.07. The number of amides is 1. The molecule has 2 aliphatic heterocycles. The van der Waals surface area contributed by atoms with E-state index >= 15 is 0 Å². The van der Waals surface area contributed by atoms with Crippen molar-refractivity contribution in [2.75, 3.05) is 20.2 Å². The number of allylic oxidation sites excluding steroid dienone is 2. The van der Waals surface area contributed by atoms with Crippen LogP contribution in [0, 0.1) is 0 Å². The van der Waals surface area contributed by atoms with E-state index in [9.17, 15) is 9.90 Å². The van der Waals surface area contributed by atoms with Crippen molar-refractivity contribution in [2.24, 2.45) is 0 Å². The molecular weight excluding hydrogens is 288 g/mol. The Kier molecular flexibility index (Phi) is 4.82. The van der Waals surface area contributed by atoms with Crippen molar-refractivity contribution in [3.05, 3.63) is 59.4 Å².